The zero-order valence-corrected chi connectivity index (χ0v) is 11.4. The van der Waals surface area contributed by atoms with Gasteiger partial charge in [-0.2, -0.15) is 0 Å². The summed E-state index contributed by atoms with van der Waals surface area (Å²) < 4.78 is 0. The van der Waals surface area contributed by atoms with Crippen LogP contribution in [0.15, 0.2) is 0 Å². The Morgan fingerprint density at radius 3 is 2.53 bits per heavy atom. The van der Waals surface area contributed by atoms with Gasteiger partial charge in [-0.15, -0.1) is 11.8 Å². The lowest BCUT2D eigenvalue weighted by atomic mass is 9.86. The number of carbonyl (C=O) groups excluding carboxylic acids is 2. The number of hydrogen-bond donors (Lipinski definition) is 2. The zero-order chi connectivity index (χ0) is 13.8. The molecule has 106 valence electrons. The molecule has 19 heavy (non-hydrogen) atoms. The molecule has 0 unspecified atom stereocenters. The van der Waals surface area contributed by atoms with Gasteiger partial charge in [-0.25, -0.2) is 0 Å². The van der Waals surface area contributed by atoms with Crippen LogP contribution in [0.1, 0.15) is 25.7 Å². The number of nitrogens with zero attached hydrogens (tertiary/aromatic N) is 1. The molecule has 1 aliphatic heterocycles. The number of aliphatic carboxylic acids is 1. The van der Waals surface area contributed by atoms with Gasteiger partial charge in [0.1, 0.15) is 6.54 Å². The Labute approximate surface area is 115 Å². The molecule has 2 N–H and O–H groups in total. The normalized spacial score (nSPS) is 27.4. The van der Waals surface area contributed by atoms with Crippen LogP contribution in [-0.4, -0.2) is 52.0 Å². The van der Waals surface area contributed by atoms with Crippen molar-refractivity contribution in [3.63, 3.8) is 0 Å². The molecule has 0 aromatic carbocycles. The largest absolute Gasteiger partial charge is 0.481 e. The monoisotopic (exact) mass is 286 g/mol. The summed E-state index contributed by atoms with van der Waals surface area (Å²) in [6.45, 7) is 0.116. The summed E-state index contributed by atoms with van der Waals surface area (Å²) in [7, 11) is 0. The molecule has 2 fully saturated rings. The molecular formula is C12H18N2O4S. The topological polar surface area (TPSA) is 86.7 Å². The molecule has 0 spiro atoms. The summed E-state index contributed by atoms with van der Waals surface area (Å²) in [5.74, 6) is -0.117. The number of carbonyl (C=O) groups is 3. The molecule has 1 saturated heterocycles. The molecule has 2 amide bonds. The number of thioether (sulfide) groups is 1. The van der Waals surface area contributed by atoms with Gasteiger partial charge in [0, 0.05) is 6.04 Å². The predicted octanol–water partition coefficient (Wildman–Crippen LogP) is 0.279. The van der Waals surface area contributed by atoms with Crippen molar-refractivity contribution >= 4 is 29.5 Å². The molecule has 2 rings (SSSR count). The molecule has 0 radical (unpaired) electrons. The molecule has 0 aromatic rings. The summed E-state index contributed by atoms with van der Waals surface area (Å²) in [6.07, 6.45) is 2.62. The lowest BCUT2D eigenvalue weighted by molar-refractivity contribution is -0.143. The highest BCUT2D eigenvalue weighted by Gasteiger charge is 2.28. The van der Waals surface area contributed by atoms with E-state index in [1.165, 1.54) is 11.8 Å². The smallest absolute Gasteiger partial charge is 0.306 e. The number of carboxylic acid groups (broad SMARTS) is 1. The second kappa shape index (κ2) is 6.27. The average Bonchev–Trinajstić information content (AvgIpc) is 2.75. The Kier molecular flexibility index (Phi) is 4.68. The van der Waals surface area contributed by atoms with E-state index in [0.29, 0.717) is 37.3 Å². The van der Waals surface area contributed by atoms with Crippen molar-refractivity contribution < 1.29 is 19.5 Å². The minimum Gasteiger partial charge on any atom is -0.481 e. The van der Waals surface area contributed by atoms with E-state index in [4.69, 9.17) is 5.11 Å². The van der Waals surface area contributed by atoms with E-state index in [2.05, 4.69) is 5.32 Å². The Morgan fingerprint density at radius 2 is 2.00 bits per heavy atom. The summed E-state index contributed by atoms with van der Waals surface area (Å²) >= 11 is 1.51. The maximum Gasteiger partial charge on any atom is 0.306 e. The molecule has 6 nitrogen and oxygen atoms in total. The van der Waals surface area contributed by atoms with Gasteiger partial charge >= 0.3 is 5.97 Å². The lowest BCUT2D eigenvalue weighted by Gasteiger charge is -2.27. The van der Waals surface area contributed by atoms with Crippen molar-refractivity contribution in [3.05, 3.63) is 0 Å². The van der Waals surface area contributed by atoms with Crippen molar-refractivity contribution in [1.29, 1.82) is 0 Å². The van der Waals surface area contributed by atoms with Crippen molar-refractivity contribution in [1.82, 2.24) is 10.2 Å². The standard InChI is InChI=1S/C12H18N2O4S/c15-10(5-14-7-19-6-11(14)16)13-9-3-1-8(2-4-9)12(17)18/h8-9H,1-7H2,(H,13,15)(H,17,18). The van der Waals surface area contributed by atoms with E-state index in [0.717, 1.165) is 0 Å². The van der Waals surface area contributed by atoms with Crippen molar-refractivity contribution in [2.45, 2.75) is 31.7 Å². The summed E-state index contributed by atoms with van der Waals surface area (Å²) in [5, 5.41) is 11.8. The van der Waals surface area contributed by atoms with Gasteiger partial charge in [0.15, 0.2) is 0 Å². The van der Waals surface area contributed by atoms with Gasteiger partial charge in [-0.1, -0.05) is 0 Å². The van der Waals surface area contributed by atoms with E-state index in [1.54, 1.807) is 4.90 Å². The van der Waals surface area contributed by atoms with Crippen LogP contribution < -0.4 is 5.32 Å². The third-order valence-electron chi connectivity index (χ3n) is 3.60. The van der Waals surface area contributed by atoms with Gasteiger partial charge < -0.3 is 15.3 Å². The minimum atomic E-state index is -0.746. The first kappa shape index (κ1) is 14.2. The van der Waals surface area contributed by atoms with Gasteiger partial charge in [0.2, 0.25) is 11.8 Å². The highest BCUT2D eigenvalue weighted by molar-refractivity contribution is 8.00. The Morgan fingerprint density at radius 1 is 1.32 bits per heavy atom. The number of nitrogens with one attached hydrogen (secondary N) is 1. The van der Waals surface area contributed by atoms with Crippen LogP contribution in [0, 0.1) is 5.92 Å². The van der Waals surface area contributed by atoms with Crippen LogP contribution in [0.3, 0.4) is 0 Å². The van der Waals surface area contributed by atoms with Gasteiger partial charge in [-0.3, -0.25) is 14.4 Å². The maximum atomic E-state index is 11.8. The molecular weight excluding hydrogens is 268 g/mol. The molecule has 0 aromatic heterocycles. The number of amides is 2. The first-order valence-electron chi connectivity index (χ1n) is 6.44. The minimum absolute atomic E-state index is 0.00901. The van der Waals surface area contributed by atoms with Gasteiger partial charge in [0.05, 0.1) is 17.5 Å². The highest BCUT2D eigenvalue weighted by Crippen LogP contribution is 2.24. The Bertz CT molecular complexity index is 380. The van der Waals surface area contributed by atoms with E-state index in [1.807, 2.05) is 0 Å². The average molecular weight is 286 g/mol. The quantitative estimate of drug-likeness (QED) is 0.775. The second-order valence-corrected chi connectivity index (χ2v) is 5.98. The van der Waals surface area contributed by atoms with Crippen molar-refractivity contribution in [2.24, 2.45) is 5.92 Å². The molecule has 1 aliphatic carbocycles. The molecule has 0 atom stereocenters. The zero-order valence-electron chi connectivity index (χ0n) is 10.6. The van der Waals surface area contributed by atoms with Crippen LogP contribution in [-0.2, 0) is 14.4 Å². The second-order valence-electron chi connectivity index (χ2n) is 5.02. The third-order valence-corrected chi connectivity index (χ3v) is 4.55. The van der Waals surface area contributed by atoms with Crippen LogP contribution in [0.4, 0.5) is 0 Å². The van der Waals surface area contributed by atoms with Crippen molar-refractivity contribution in [3.8, 4) is 0 Å². The van der Waals surface area contributed by atoms with E-state index >= 15 is 0 Å². The molecule has 7 heteroatoms. The predicted molar refractivity (Wildman–Crippen MR) is 70.6 cm³/mol. The summed E-state index contributed by atoms with van der Waals surface area (Å²) in [6, 6.07) is 0.0495. The fourth-order valence-corrected chi connectivity index (χ4v) is 3.38. The SMILES string of the molecule is O=C(CN1CSCC1=O)NC1CCC(C(=O)O)CC1. The Hall–Kier alpha value is -1.24. The van der Waals surface area contributed by atoms with E-state index in [9.17, 15) is 14.4 Å². The summed E-state index contributed by atoms with van der Waals surface area (Å²) in [5.41, 5.74) is 0. The summed E-state index contributed by atoms with van der Waals surface area (Å²) in [4.78, 5) is 35.5. The van der Waals surface area contributed by atoms with Gasteiger partial charge in [-0.05, 0) is 25.7 Å². The van der Waals surface area contributed by atoms with Crippen LogP contribution in [0.5, 0.6) is 0 Å². The fourth-order valence-electron chi connectivity index (χ4n) is 2.47. The number of rotatable bonds is 4. The number of hydrogen-bond acceptors (Lipinski definition) is 4. The molecule has 0 bridgehead atoms. The number of carboxylic acids is 1. The van der Waals surface area contributed by atoms with Gasteiger partial charge in [0.25, 0.3) is 0 Å². The Balaban J connectivity index is 1.71. The van der Waals surface area contributed by atoms with Crippen LogP contribution in [0.25, 0.3) is 0 Å². The third kappa shape index (κ3) is 3.86. The van der Waals surface area contributed by atoms with E-state index < -0.39 is 5.97 Å². The highest BCUT2D eigenvalue weighted by atomic mass is 32.2. The molecule has 1 heterocycles. The first-order chi connectivity index (χ1) is 9.06. The lowest BCUT2D eigenvalue weighted by Crippen LogP contribution is -2.44. The molecule has 2 aliphatic rings. The van der Waals surface area contributed by atoms with Crippen molar-refractivity contribution in [2.75, 3.05) is 18.2 Å². The van der Waals surface area contributed by atoms with Crippen LogP contribution >= 0.6 is 11.8 Å². The maximum absolute atomic E-state index is 11.8. The molecule has 1 saturated carbocycles. The van der Waals surface area contributed by atoms with Crippen LogP contribution in [0.2, 0.25) is 0 Å². The fraction of sp³-hybridized carbons (Fsp3) is 0.750. The van der Waals surface area contributed by atoms with E-state index in [-0.39, 0.29) is 30.3 Å². The first-order valence-corrected chi connectivity index (χ1v) is 7.59.